The Balaban J connectivity index is 1.42. The molecule has 0 atom stereocenters. The Bertz CT molecular complexity index is 740. The molecule has 1 saturated carbocycles. The molecule has 5 rings (SSSR count). The first kappa shape index (κ1) is 17.3. The summed E-state index contributed by atoms with van der Waals surface area (Å²) in [5, 5.41) is 3.20. The molecule has 2 bridgehead atoms. The van der Waals surface area contributed by atoms with E-state index in [0.717, 1.165) is 38.0 Å². The van der Waals surface area contributed by atoms with Crippen LogP contribution in [-0.4, -0.2) is 33.5 Å². The Hall–Kier alpha value is -2.15. The fourth-order valence-electron chi connectivity index (χ4n) is 4.18. The number of alkyl halides is 3. The smallest absolute Gasteiger partial charge is 0.367 e. The van der Waals surface area contributed by atoms with Gasteiger partial charge in [0, 0.05) is 18.6 Å². The Labute approximate surface area is 150 Å². The first-order valence-electron chi connectivity index (χ1n) is 8.87. The number of piperidine rings is 2. The summed E-state index contributed by atoms with van der Waals surface area (Å²) in [5.41, 5.74) is 0.378. The van der Waals surface area contributed by atoms with Gasteiger partial charge in [0.05, 0.1) is 12.4 Å². The van der Waals surface area contributed by atoms with Gasteiger partial charge in [0.15, 0.2) is 5.69 Å². The predicted octanol–water partition coefficient (Wildman–Crippen LogP) is 3.96. The lowest BCUT2D eigenvalue weighted by molar-refractivity contribution is -0.141. The van der Waals surface area contributed by atoms with Crippen LogP contribution in [0.5, 0.6) is 0 Å². The molecule has 2 aliphatic heterocycles. The third kappa shape index (κ3) is 3.40. The Morgan fingerprint density at radius 1 is 1.12 bits per heavy atom. The van der Waals surface area contributed by atoms with E-state index in [0.29, 0.717) is 12.4 Å². The second-order valence-corrected chi connectivity index (χ2v) is 7.33. The number of anilines is 1. The Morgan fingerprint density at radius 2 is 1.88 bits per heavy atom. The lowest BCUT2D eigenvalue weighted by atomic mass is 9.62. The van der Waals surface area contributed by atoms with Crippen molar-refractivity contribution >= 4 is 5.82 Å². The number of halogens is 3. The van der Waals surface area contributed by atoms with E-state index >= 15 is 0 Å². The topological polar surface area (TPSA) is 41.1 Å². The van der Waals surface area contributed by atoms with Crippen LogP contribution in [0.4, 0.5) is 19.0 Å². The van der Waals surface area contributed by atoms with E-state index in [1.165, 1.54) is 18.2 Å². The zero-order valence-corrected chi connectivity index (χ0v) is 14.3. The highest BCUT2D eigenvalue weighted by atomic mass is 19.4. The van der Waals surface area contributed by atoms with Crippen LogP contribution in [-0.2, 0) is 12.7 Å². The summed E-state index contributed by atoms with van der Waals surface area (Å²) in [7, 11) is 0. The standard InChI is InChI=1S/C19H21F3N4/c20-19(21,22)16-10-24-17(11-23-16)25-13-18-8-15(9-18)6-7-26(18)12-14-4-2-1-3-5-14/h1-5,10-11,15H,6-9,12-13H2,(H,24,25). The molecule has 1 aromatic heterocycles. The molecule has 0 unspecified atom stereocenters. The average molecular weight is 362 g/mol. The summed E-state index contributed by atoms with van der Waals surface area (Å²) in [6.07, 6.45) is 0.962. The molecule has 26 heavy (non-hydrogen) atoms. The molecule has 0 amide bonds. The van der Waals surface area contributed by atoms with Gasteiger partial charge in [0.1, 0.15) is 5.82 Å². The normalized spacial score (nSPS) is 25.6. The molecule has 1 N–H and O–H groups in total. The van der Waals surface area contributed by atoms with Crippen molar-refractivity contribution in [3.8, 4) is 0 Å². The zero-order valence-electron chi connectivity index (χ0n) is 14.3. The van der Waals surface area contributed by atoms with Crippen molar-refractivity contribution in [1.82, 2.24) is 14.9 Å². The van der Waals surface area contributed by atoms with Gasteiger partial charge in [0.2, 0.25) is 0 Å². The number of nitrogens with one attached hydrogen (secondary N) is 1. The summed E-state index contributed by atoms with van der Waals surface area (Å²) in [5.74, 6) is 1.16. The summed E-state index contributed by atoms with van der Waals surface area (Å²) in [6, 6.07) is 10.4. The number of hydrogen-bond acceptors (Lipinski definition) is 4. The minimum absolute atomic E-state index is 0.0587. The first-order valence-corrected chi connectivity index (χ1v) is 8.87. The second-order valence-electron chi connectivity index (χ2n) is 7.33. The zero-order chi connectivity index (χ0) is 18.2. The van der Waals surface area contributed by atoms with Crippen molar-refractivity contribution in [3.63, 3.8) is 0 Å². The number of aromatic nitrogens is 2. The fraction of sp³-hybridized carbons (Fsp3) is 0.474. The van der Waals surface area contributed by atoms with E-state index in [2.05, 4.69) is 32.3 Å². The average Bonchev–Trinajstić information content (AvgIpc) is 2.60. The number of nitrogens with zero attached hydrogens (tertiary/aromatic N) is 3. The summed E-state index contributed by atoms with van der Waals surface area (Å²) < 4.78 is 37.8. The van der Waals surface area contributed by atoms with Crippen LogP contribution in [0.3, 0.4) is 0 Å². The van der Waals surface area contributed by atoms with E-state index in [4.69, 9.17) is 0 Å². The lowest BCUT2D eigenvalue weighted by Gasteiger charge is -2.59. The quantitative estimate of drug-likeness (QED) is 0.874. The largest absolute Gasteiger partial charge is 0.434 e. The van der Waals surface area contributed by atoms with Gasteiger partial charge in [-0.15, -0.1) is 0 Å². The van der Waals surface area contributed by atoms with Crippen molar-refractivity contribution in [2.45, 2.75) is 37.5 Å². The van der Waals surface area contributed by atoms with Crippen molar-refractivity contribution in [2.24, 2.45) is 5.92 Å². The highest BCUT2D eigenvalue weighted by Crippen LogP contribution is 2.49. The summed E-state index contributed by atoms with van der Waals surface area (Å²) in [4.78, 5) is 9.85. The molecule has 3 heterocycles. The molecule has 1 aromatic carbocycles. The van der Waals surface area contributed by atoms with E-state index in [-0.39, 0.29) is 5.54 Å². The highest BCUT2D eigenvalue weighted by Gasteiger charge is 2.51. The summed E-state index contributed by atoms with van der Waals surface area (Å²) >= 11 is 0. The van der Waals surface area contributed by atoms with Gasteiger partial charge >= 0.3 is 6.18 Å². The van der Waals surface area contributed by atoms with Gasteiger partial charge in [-0.1, -0.05) is 30.3 Å². The van der Waals surface area contributed by atoms with E-state index in [1.54, 1.807) is 0 Å². The maximum atomic E-state index is 12.6. The summed E-state index contributed by atoms with van der Waals surface area (Å²) in [6.45, 7) is 2.63. The van der Waals surface area contributed by atoms with Crippen molar-refractivity contribution in [2.75, 3.05) is 18.4 Å². The van der Waals surface area contributed by atoms with Gasteiger partial charge in [-0.3, -0.25) is 4.90 Å². The van der Waals surface area contributed by atoms with Crippen LogP contribution in [0.2, 0.25) is 0 Å². The van der Waals surface area contributed by atoms with Gasteiger partial charge < -0.3 is 5.32 Å². The number of fused-ring (bicyclic) bond motifs is 2. The molecular formula is C19H21F3N4. The van der Waals surface area contributed by atoms with Crippen molar-refractivity contribution < 1.29 is 13.2 Å². The van der Waals surface area contributed by atoms with E-state index in [9.17, 15) is 13.2 Å². The van der Waals surface area contributed by atoms with Gasteiger partial charge in [-0.2, -0.15) is 13.2 Å². The maximum Gasteiger partial charge on any atom is 0.434 e. The molecule has 2 aromatic rings. The molecule has 0 radical (unpaired) electrons. The molecular weight excluding hydrogens is 341 g/mol. The van der Waals surface area contributed by atoms with Gasteiger partial charge in [-0.25, -0.2) is 9.97 Å². The highest BCUT2D eigenvalue weighted by molar-refractivity contribution is 5.33. The monoisotopic (exact) mass is 362 g/mol. The lowest BCUT2D eigenvalue weighted by Crippen LogP contribution is -2.65. The van der Waals surface area contributed by atoms with E-state index in [1.807, 2.05) is 18.2 Å². The van der Waals surface area contributed by atoms with Crippen LogP contribution < -0.4 is 5.32 Å². The third-order valence-electron chi connectivity index (χ3n) is 5.57. The fourth-order valence-corrected chi connectivity index (χ4v) is 4.18. The van der Waals surface area contributed by atoms with Crippen LogP contribution in [0.25, 0.3) is 0 Å². The molecule has 138 valence electrons. The van der Waals surface area contributed by atoms with Crippen LogP contribution in [0.1, 0.15) is 30.5 Å². The second kappa shape index (κ2) is 6.54. The Kier molecular flexibility index (Phi) is 4.34. The predicted molar refractivity (Wildman–Crippen MR) is 92.4 cm³/mol. The Morgan fingerprint density at radius 3 is 2.54 bits per heavy atom. The molecule has 2 saturated heterocycles. The maximum absolute atomic E-state index is 12.6. The molecule has 3 fully saturated rings. The number of benzene rings is 1. The third-order valence-corrected chi connectivity index (χ3v) is 5.57. The molecule has 3 aliphatic rings. The van der Waals surface area contributed by atoms with Crippen molar-refractivity contribution in [1.29, 1.82) is 0 Å². The molecule has 7 heteroatoms. The molecule has 1 aliphatic carbocycles. The van der Waals surface area contributed by atoms with Crippen LogP contribution in [0, 0.1) is 5.92 Å². The van der Waals surface area contributed by atoms with Gasteiger partial charge in [-0.05, 0) is 37.3 Å². The SMILES string of the molecule is FC(F)(F)c1cnc(NCC23CC(CCN2Cc2ccccc2)C3)cn1. The minimum Gasteiger partial charge on any atom is -0.367 e. The molecule has 0 spiro atoms. The number of hydrogen-bond donors (Lipinski definition) is 1. The first-order chi connectivity index (χ1) is 12.4. The number of rotatable bonds is 5. The van der Waals surface area contributed by atoms with Crippen molar-refractivity contribution in [3.05, 3.63) is 54.0 Å². The molecule has 4 nitrogen and oxygen atoms in total. The minimum atomic E-state index is -4.46. The van der Waals surface area contributed by atoms with Crippen LogP contribution in [0.15, 0.2) is 42.7 Å². The van der Waals surface area contributed by atoms with Crippen LogP contribution >= 0.6 is 0 Å². The van der Waals surface area contributed by atoms with Gasteiger partial charge in [0.25, 0.3) is 0 Å². The van der Waals surface area contributed by atoms with E-state index < -0.39 is 11.9 Å².